The van der Waals surface area contributed by atoms with Crippen LogP contribution in [0.1, 0.15) is 79.0 Å². The van der Waals surface area contributed by atoms with Gasteiger partial charge in [-0.1, -0.05) is 120 Å². The second kappa shape index (κ2) is 17.1. The van der Waals surface area contributed by atoms with E-state index in [0.717, 1.165) is 17.7 Å². The summed E-state index contributed by atoms with van der Waals surface area (Å²) in [4.78, 5) is 2.10. The van der Waals surface area contributed by atoms with Crippen LogP contribution in [0, 0.1) is 0 Å². The van der Waals surface area contributed by atoms with Crippen molar-refractivity contribution >= 4 is 32.8 Å². The first-order valence-corrected chi connectivity index (χ1v) is 16.8. The van der Waals surface area contributed by atoms with Gasteiger partial charge in [-0.25, -0.2) is 0 Å². The van der Waals surface area contributed by atoms with Crippen molar-refractivity contribution in [2.45, 2.75) is 93.2 Å². The topological polar surface area (TPSA) is 0 Å². The molecule has 10 heteroatoms. The Balaban J connectivity index is 0.000000729. The molecule has 0 fully saturated rings. The maximum Gasteiger partial charge on any atom is 0 e. The summed E-state index contributed by atoms with van der Waals surface area (Å²) in [6.45, 7) is 19.4. The molecule has 228 valence electrons. The van der Waals surface area contributed by atoms with Gasteiger partial charge >= 0.3 is 26.9 Å². The fourth-order valence-corrected chi connectivity index (χ4v) is 5.60. The minimum Gasteiger partial charge on any atom is 0 e. The molecule has 3 aromatic rings. The predicted octanol–water partition coefficient (Wildman–Crippen LogP) is 12.7. The molecule has 0 amide bonds. The average Bonchev–Trinajstić information content (AvgIpc) is 2.82. The van der Waals surface area contributed by atoms with Crippen LogP contribution in [0.3, 0.4) is 0 Å². The molecule has 0 saturated carbocycles. The number of benzene rings is 3. The predicted molar refractivity (Wildman–Crippen MR) is 159 cm³/mol. The summed E-state index contributed by atoms with van der Waals surface area (Å²) in [5.41, 5.74) is 4.04. The van der Waals surface area contributed by atoms with Crippen LogP contribution < -0.4 is 0 Å². The molecule has 0 aliphatic heterocycles. The third-order valence-electron chi connectivity index (χ3n) is 5.66. The molecule has 3 rings (SSSR count). The van der Waals surface area contributed by atoms with E-state index in [0.29, 0.717) is 0 Å². The molecule has 0 atom stereocenters. The number of rotatable bonds is 4. The summed E-state index contributed by atoms with van der Waals surface area (Å²) in [5.74, 6) is 0. The first kappa shape index (κ1) is 39.7. The van der Waals surface area contributed by atoms with Crippen molar-refractivity contribution < 1.29 is 57.1 Å². The van der Waals surface area contributed by atoms with Gasteiger partial charge in [-0.15, -0.1) is 11.7 Å². The second-order valence-corrected chi connectivity index (χ2v) is 15.7. The van der Waals surface area contributed by atoms with Crippen LogP contribution >= 0.6 is 32.8 Å². The smallest absolute Gasteiger partial charge is 0 e. The zero-order valence-electron chi connectivity index (χ0n) is 24.3. The molecule has 40 heavy (non-hydrogen) atoms. The molecule has 0 heterocycles. The van der Waals surface area contributed by atoms with Crippen molar-refractivity contribution in [1.29, 1.82) is 0 Å². The van der Waals surface area contributed by atoms with Crippen molar-refractivity contribution in [1.82, 2.24) is 0 Å². The third-order valence-corrected chi connectivity index (χ3v) is 8.89. The molecule has 0 nitrogen and oxygen atoms in total. The van der Waals surface area contributed by atoms with Crippen molar-refractivity contribution in [3.63, 3.8) is 0 Å². The summed E-state index contributed by atoms with van der Waals surface area (Å²) in [6.07, 6.45) is 0. The zero-order valence-corrected chi connectivity index (χ0v) is 29.6. The molecule has 0 bridgehead atoms. The van der Waals surface area contributed by atoms with E-state index in [1.807, 2.05) is 42.4 Å². The van der Waals surface area contributed by atoms with E-state index in [1.165, 1.54) is 20.9 Å². The number of hydrogen-bond donors (Lipinski definition) is 0. The first-order chi connectivity index (χ1) is 17.8. The summed E-state index contributed by atoms with van der Waals surface area (Å²) >= 11 is -7.00. The Labute approximate surface area is 270 Å². The van der Waals surface area contributed by atoms with Gasteiger partial charge in [0.15, 0.2) is 0 Å². The summed E-state index contributed by atoms with van der Waals surface area (Å²) in [6, 6.07) is 23.3. The Kier molecular flexibility index (Phi) is 17.0. The van der Waals surface area contributed by atoms with Gasteiger partial charge in [-0.2, -0.15) is 0 Å². The number of halogens is 5. The molecule has 0 aliphatic rings. The number of hydrogen-bond acceptors (Lipinski definition) is 2. The molecule has 0 N–H and O–H groups in total. The summed E-state index contributed by atoms with van der Waals surface area (Å²) in [5, 5.41) is 0. The van der Waals surface area contributed by atoms with Gasteiger partial charge in [0.25, 0.3) is 0 Å². The Morgan fingerprint density at radius 3 is 0.925 bits per heavy atom. The SMILES string of the molecule is CC(C)(C)c1ccc(S(F)(F)F)cc1.CC(C)(C)c1ccc(SSc2ccc(C(C)(C)C)cc2)cc1.[F][Ag][F].[V]. The largest absolute Gasteiger partial charge is 0 e. The maximum absolute atomic E-state index is 12.3. The molecule has 0 saturated heterocycles. The van der Waals surface area contributed by atoms with E-state index in [-0.39, 0.29) is 34.8 Å². The van der Waals surface area contributed by atoms with Gasteiger partial charge in [-0.3, -0.25) is 0 Å². The van der Waals surface area contributed by atoms with E-state index in [2.05, 4.69) is 90.1 Å². The van der Waals surface area contributed by atoms with Gasteiger partial charge in [0.2, 0.25) is 11.2 Å². The molecule has 0 spiro atoms. The molecule has 0 aromatic heterocycles. The van der Waals surface area contributed by atoms with Crippen molar-refractivity contribution in [2.75, 3.05) is 0 Å². The Bertz CT molecular complexity index is 1020. The van der Waals surface area contributed by atoms with E-state index in [9.17, 15) is 17.7 Å². The van der Waals surface area contributed by atoms with Gasteiger partial charge in [0, 0.05) is 28.3 Å². The molecular weight excluding hydrogens is 710 g/mol. The normalized spacial score (nSPS) is 12.3. The molecular formula is C30H39AgF5S3V. The Morgan fingerprint density at radius 1 is 0.500 bits per heavy atom. The van der Waals surface area contributed by atoms with Crippen LogP contribution in [-0.2, 0) is 55.6 Å². The monoisotopic (exact) mass is 748 g/mol. The van der Waals surface area contributed by atoms with Crippen LogP contribution in [0.2, 0.25) is 0 Å². The van der Waals surface area contributed by atoms with E-state index >= 15 is 0 Å². The molecule has 0 unspecified atom stereocenters. The van der Waals surface area contributed by atoms with Crippen LogP contribution in [0.15, 0.2) is 87.5 Å². The standard InChI is InChI=1S/C20H26S2.C10H13F3S.Ag.2FH.V/c1-19(2,3)15-7-11-17(12-8-15)21-22-18-13-9-16(10-14-18)20(4,5)6;1-10(2,3)8-4-6-9(7-5-8)14(11,12)13;;;;/h7-14H,1-6H3;4-7H,1-3H3;;2*1H;/q;;+2;;;/p-2. The Morgan fingerprint density at radius 2 is 0.725 bits per heavy atom. The van der Waals surface area contributed by atoms with Crippen molar-refractivity contribution in [3.8, 4) is 0 Å². The second-order valence-electron chi connectivity index (χ2n) is 11.9. The first-order valence-electron chi connectivity index (χ1n) is 12.2. The molecule has 1 radical (unpaired) electrons. The van der Waals surface area contributed by atoms with E-state index < -0.39 is 36.9 Å². The van der Waals surface area contributed by atoms with Crippen LogP contribution in [0.25, 0.3) is 0 Å². The molecule has 0 aliphatic carbocycles. The third kappa shape index (κ3) is 14.7. The van der Waals surface area contributed by atoms with Crippen LogP contribution in [0.4, 0.5) is 17.7 Å². The Hall–Kier alpha value is -0.315. The van der Waals surface area contributed by atoms with Crippen molar-refractivity contribution in [2.24, 2.45) is 0 Å². The fraction of sp³-hybridized carbons (Fsp3) is 0.400. The minimum absolute atomic E-state index is 0. The molecule has 3 aromatic carbocycles. The van der Waals surface area contributed by atoms with Crippen LogP contribution in [-0.4, -0.2) is 0 Å². The summed E-state index contributed by atoms with van der Waals surface area (Å²) < 4.78 is 56.2. The quantitative estimate of drug-likeness (QED) is 0.148. The van der Waals surface area contributed by atoms with E-state index in [1.54, 1.807) is 12.1 Å². The van der Waals surface area contributed by atoms with Gasteiger partial charge in [0.1, 0.15) is 0 Å². The van der Waals surface area contributed by atoms with Gasteiger partial charge in [0.05, 0.1) is 4.90 Å². The van der Waals surface area contributed by atoms with E-state index in [4.69, 9.17) is 0 Å². The zero-order chi connectivity index (χ0) is 30.1. The average molecular weight is 750 g/mol. The maximum atomic E-state index is 12.3. The fourth-order valence-electron chi connectivity index (χ4n) is 3.23. The summed E-state index contributed by atoms with van der Waals surface area (Å²) in [7, 11) is 3.65. The van der Waals surface area contributed by atoms with Crippen molar-refractivity contribution in [3.05, 3.63) is 89.5 Å². The minimum atomic E-state index is -5.07. The van der Waals surface area contributed by atoms with Gasteiger partial charge in [-0.05, 0) is 69.3 Å². The van der Waals surface area contributed by atoms with Crippen LogP contribution in [0.5, 0.6) is 0 Å². The van der Waals surface area contributed by atoms with Gasteiger partial charge < -0.3 is 0 Å².